The minimum Gasteiger partial charge on any atom is -0.310 e. The van der Waals surface area contributed by atoms with Crippen molar-refractivity contribution in [1.82, 2.24) is 4.57 Å². The van der Waals surface area contributed by atoms with Crippen LogP contribution in [0, 0.1) is 11.6 Å². The fourth-order valence-corrected chi connectivity index (χ4v) is 3.89. The highest BCUT2D eigenvalue weighted by molar-refractivity contribution is 7.16. The predicted octanol–water partition coefficient (Wildman–Crippen LogP) is 5.21. The normalized spacial score (nSPS) is 11.9. The Balaban J connectivity index is 2.21. The summed E-state index contributed by atoms with van der Waals surface area (Å²) in [5.41, 5.74) is 0.334. The fraction of sp³-hybridized carbons (Fsp3) is 0.0588. The Hall–Kier alpha value is -2.02. The van der Waals surface area contributed by atoms with E-state index in [9.17, 15) is 13.6 Å². The Labute approximate surface area is 155 Å². The van der Waals surface area contributed by atoms with Crippen LogP contribution in [0.4, 0.5) is 8.78 Å². The highest BCUT2D eigenvalue weighted by Gasteiger charge is 2.15. The van der Waals surface area contributed by atoms with Gasteiger partial charge in [0.05, 0.1) is 20.8 Å². The summed E-state index contributed by atoms with van der Waals surface area (Å²) in [5.74, 6) is -2.03. The summed E-state index contributed by atoms with van der Waals surface area (Å²) in [6, 6.07) is 6.40. The number of thiazole rings is 1. The number of allylic oxidation sites excluding steroid dienone is 1. The van der Waals surface area contributed by atoms with E-state index in [1.54, 1.807) is 0 Å². The van der Waals surface area contributed by atoms with Gasteiger partial charge >= 0.3 is 0 Å². The summed E-state index contributed by atoms with van der Waals surface area (Å²) in [6.45, 7) is 3.83. The van der Waals surface area contributed by atoms with E-state index in [1.807, 2.05) is 0 Å². The first-order chi connectivity index (χ1) is 11.9. The second-order valence-electron chi connectivity index (χ2n) is 5.06. The van der Waals surface area contributed by atoms with Crippen molar-refractivity contribution in [3.63, 3.8) is 0 Å². The maximum Gasteiger partial charge on any atom is 0.281 e. The molecular weight excluding hydrogens is 389 g/mol. The zero-order valence-electron chi connectivity index (χ0n) is 12.6. The SMILES string of the molecule is C=CCn1c(=NC(=O)c2ccc(Cl)cc2Cl)sc2cc(F)cc(F)c21. The van der Waals surface area contributed by atoms with Crippen molar-refractivity contribution in [2.24, 2.45) is 4.99 Å². The summed E-state index contributed by atoms with van der Waals surface area (Å²) in [4.78, 5) is 16.7. The predicted molar refractivity (Wildman–Crippen MR) is 96.3 cm³/mol. The van der Waals surface area contributed by atoms with Gasteiger partial charge in [0.2, 0.25) is 0 Å². The molecule has 0 aliphatic carbocycles. The quantitative estimate of drug-likeness (QED) is 0.557. The van der Waals surface area contributed by atoms with E-state index in [1.165, 1.54) is 34.9 Å². The summed E-state index contributed by atoms with van der Waals surface area (Å²) < 4.78 is 29.4. The lowest BCUT2D eigenvalue weighted by atomic mass is 10.2. The van der Waals surface area contributed by atoms with E-state index < -0.39 is 17.5 Å². The maximum atomic E-state index is 14.2. The number of hydrogen-bond donors (Lipinski definition) is 0. The third-order valence-electron chi connectivity index (χ3n) is 3.37. The van der Waals surface area contributed by atoms with Crippen LogP contribution in [0.3, 0.4) is 0 Å². The summed E-state index contributed by atoms with van der Waals surface area (Å²) in [6.07, 6.45) is 1.54. The second-order valence-corrected chi connectivity index (χ2v) is 6.91. The van der Waals surface area contributed by atoms with E-state index >= 15 is 0 Å². The van der Waals surface area contributed by atoms with Crippen molar-refractivity contribution in [2.75, 3.05) is 0 Å². The smallest absolute Gasteiger partial charge is 0.281 e. The van der Waals surface area contributed by atoms with Crippen LogP contribution in [0.2, 0.25) is 10.0 Å². The molecule has 8 heteroatoms. The van der Waals surface area contributed by atoms with Crippen LogP contribution in [0.1, 0.15) is 10.4 Å². The van der Waals surface area contributed by atoms with Crippen molar-refractivity contribution < 1.29 is 13.6 Å². The summed E-state index contributed by atoms with van der Waals surface area (Å²) in [5, 5.41) is 0.553. The van der Waals surface area contributed by atoms with Gasteiger partial charge in [0, 0.05) is 17.6 Å². The van der Waals surface area contributed by atoms with E-state index in [0.717, 1.165) is 17.4 Å². The molecule has 128 valence electrons. The van der Waals surface area contributed by atoms with Gasteiger partial charge in [-0.25, -0.2) is 8.78 Å². The molecule has 0 spiro atoms. The van der Waals surface area contributed by atoms with Gasteiger partial charge in [0.25, 0.3) is 5.91 Å². The van der Waals surface area contributed by atoms with E-state index in [4.69, 9.17) is 23.2 Å². The number of aromatic nitrogens is 1. The molecule has 3 rings (SSSR count). The Bertz CT molecular complexity index is 1070. The summed E-state index contributed by atoms with van der Waals surface area (Å²) >= 11 is 12.8. The molecule has 0 fully saturated rings. The Morgan fingerprint density at radius 2 is 2.04 bits per heavy atom. The van der Waals surface area contributed by atoms with Gasteiger partial charge < -0.3 is 4.57 Å². The van der Waals surface area contributed by atoms with Crippen molar-refractivity contribution in [3.8, 4) is 0 Å². The Morgan fingerprint density at radius 1 is 1.28 bits per heavy atom. The van der Waals surface area contributed by atoms with Gasteiger partial charge in [0.1, 0.15) is 5.82 Å². The van der Waals surface area contributed by atoms with Crippen molar-refractivity contribution in [2.45, 2.75) is 6.54 Å². The van der Waals surface area contributed by atoms with Gasteiger partial charge in [-0.05, 0) is 24.3 Å². The molecule has 25 heavy (non-hydrogen) atoms. The van der Waals surface area contributed by atoms with Gasteiger partial charge in [-0.1, -0.05) is 40.6 Å². The van der Waals surface area contributed by atoms with Crippen LogP contribution in [-0.2, 0) is 6.54 Å². The number of nitrogens with zero attached hydrogens (tertiary/aromatic N) is 2. The number of amides is 1. The van der Waals surface area contributed by atoms with Gasteiger partial charge in [-0.2, -0.15) is 4.99 Å². The minimum atomic E-state index is -0.730. The Kier molecular flexibility index (Phi) is 5.03. The number of carbonyl (C=O) groups is 1. The molecule has 2 aromatic carbocycles. The number of rotatable bonds is 3. The second kappa shape index (κ2) is 7.07. The molecule has 0 saturated carbocycles. The van der Waals surface area contributed by atoms with E-state index in [-0.39, 0.29) is 27.4 Å². The molecule has 0 unspecified atom stereocenters. The van der Waals surface area contributed by atoms with Gasteiger partial charge in [-0.3, -0.25) is 4.79 Å². The first-order valence-corrected chi connectivity index (χ1v) is 8.61. The molecule has 0 radical (unpaired) electrons. The highest BCUT2D eigenvalue weighted by Crippen LogP contribution is 2.24. The lowest BCUT2D eigenvalue weighted by Gasteiger charge is -2.03. The van der Waals surface area contributed by atoms with Gasteiger partial charge in [-0.15, -0.1) is 6.58 Å². The van der Waals surface area contributed by atoms with Crippen molar-refractivity contribution in [3.05, 3.63) is 75.0 Å². The zero-order chi connectivity index (χ0) is 18.1. The molecule has 0 aliphatic rings. The summed E-state index contributed by atoms with van der Waals surface area (Å²) in [7, 11) is 0. The van der Waals surface area contributed by atoms with Crippen LogP contribution in [0.5, 0.6) is 0 Å². The standard InChI is InChI=1S/C17H10Cl2F2N2OS/c1-2-5-23-15-13(21)7-10(20)8-14(15)25-17(23)22-16(24)11-4-3-9(18)6-12(11)19/h2-4,6-8H,1,5H2. The van der Waals surface area contributed by atoms with Gasteiger partial charge in [0.15, 0.2) is 10.6 Å². The maximum absolute atomic E-state index is 14.2. The zero-order valence-corrected chi connectivity index (χ0v) is 14.9. The lowest BCUT2D eigenvalue weighted by Crippen LogP contribution is -2.17. The van der Waals surface area contributed by atoms with Crippen molar-refractivity contribution in [1.29, 1.82) is 0 Å². The largest absolute Gasteiger partial charge is 0.310 e. The molecule has 0 bridgehead atoms. The molecule has 0 atom stereocenters. The topological polar surface area (TPSA) is 34.4 Å². The highest BCUT2D eigenvalue weighted by atomic mass is 35.5. The van der Waals surface area contributed by atoms with Crippen LogP contribution in [0.15, 0.2) is 48.0 Å². The molecule has 0 aliphatic heterocycles. The lowest BCUT2D eigenvalue weighted by molar-refractivity contribution is 0.0998. The van der Waals surface area contributed by atoms with Crippen LogP contribution >= 0.6 is 34.5 Å². The third kappa shape index (κ3) is 3.51. The van der Waals surface area contributed by atoms with Crippen LogP contribution < -0.4 is 4.80 Å². The molecule has 1 aromatic heterocycles. The number of fused-ring (bicyclic) bond motifs is 1. The number of carbonyl (C=O) groups excluding carboxylic acids is 1. The monoisotopic (exact) mass is 398 g/mol. The first-order valence-electron chi connectivity index (χ1n) is 7.04. The van der Waals surface area contributed by atoms with Crippen LogP contribution in [0.25, 0.3) is 10.2 Å². The van der Waals surface area contributed by atoms with Crippen LogP contribution in [-0.4, -0.2) is 10.5 Å². The molecule has 3 nitrogen and oxygen atoms in total. The molecular formula is C17H10Cl2F2N2OS. The Morgan fingerprint density at radius 3 is 2.72 bits per heavy atom. The molecule has 0 N–H and O–H groups in total. The van der Waals surface area contributed by atoms with Crippen molar-refractivity contribution >= 4 is 50.7 Å². The third-order valence-corrected chi connectivity index (χ3v) is 4.94. The average Bonchev–Trinajstić information content (AvgIpc) is 2.85. The minimum absolute atomic E-state index is 0.162. The van der Waals surface area contributed by atoms with E-state index in [2.05, 4.69) is 11.6 Å². The molecule has 1 heterocycles. The molecule has 0 saturated heterocycles. The average molecular weight is 399 g/mol. The molecule has 1 amide bonds. The molecule has 3 aromatic rings. The fourth-order valence-electron chi connectivity index (χ4n) is 2.32. The van der Waals surface area contributed by atoms with E-state index in [0.29, 0.717) is 9.72 Å². The first kappa shape index (κ1) is 17.8. The number of hydrogen-bond acceptors (Lipinski definition) is 2. The number of halogens is 4. The number of benzene rings is 2.